The van der Waals surface area contributed by atoms with Crippen LogP contribution in [0.25, 0.3) is 11.4 Å². The van der Waals surface area contributed by atoms with E-state index in [1.165, 1.54) is 10.4 Å². The van der Waals surface area contributed by atoms with Crippen molar-refractivity contribution < 1.29 is 5.11 Å². The number of benzene rings is 1. The molecule has 3 aromatic rings. The summed E-state index contributed by atoms with van der Waals surface area (Å²) in [6.45, 7) is 0.365. The zero-order chi connectivity index (χ0) is 14.5. The summed E-state index contributed by atoms with van der Waals surface area (Å²) in [4.78, 5) is 1.46. The van der Waals surface area contributed by atoms with Crippen LogP contribution >= 0.6 is 11.3 Å². The molecular weight excluding hydrogens is 284 g/mol. The van der Waals surface area contributed by atoms with E-state index in [1.54, 1.807) is 11.3 Å². The molecular formula is C15H16N4OS. The van der Waals surface area contributed by atoms with Gasteiger partial charge >= 0.3 is 0 Å². The monoisotopic (exact) mass is 300 g/mol. The minimum atomic E-state index is -0.477. The lowest BCUT2D eigenvalue weighted by Crippen LogP contribution is -2.18. The molecule has 6 heteroatoms. The first-order valence-corrected chi connectivity index (χ1v) is 7.78. The Morgan fingerprint density at radius 1 is 1.19 bits per heavy atom. The molecule has 2 aromatic heterocycles. The number of hydrogen-bond donors (Lipinski definition) is 1. The van der Waals surface area contributed by atoms with Gasteiger partial charge in [0, 0.05) is 10.9 Å². The molecule has 1 aromatic carbocycles. The smallest absolute Gasteiger partial charge is 0.205 e. The van der Waals surface area contributed by atoms with E-state index in [4.69, 9.17) is 0 Å². The molecule has 0 bridgehead atoms. The number of aliphatic hydroxyl groups is 1. The van der Waals surface area contributed by atoms with Gasteiger partial charge in [-0.15, -0.1) is 10.2 Å². The Labute approximate surface area is 126 Å². The van der Waals surface area contributed by atoms with Crippen LogP contribution in [0.1, 0.15) is 12.0 Å². The summed E-state index contributed by atoms with van der Waals surface area (Å²) < 4.78 is 0. The van der Waals surface area contributed by atoms with Gasteiger partial charge in [-0.05, 0) is 35.1 Å². The lowest BCUT2D eigenvalue weighted by atomic mass is 10.1. The van der Waals surface area contributed by atoms with E-state index in [0.29, 0.717) is 18.8 Å². The molecule has 0 saturated carbocycles. The Kier molecular flexibility index (Phi) is 4.37. The Morgan fingerprint density at radius 3 is 2.81 bits per heavy atom. The van der Waals surface area contributed by atoms with Gasteiger partial charge in [0.1, 0.15) is 0 Å². The average molecular weight is 300 g/mol. The molecule has 3 rings (SSSR count). The molecule has 0 saturated heterocycles. The third-order valence-corrected chi connectivity index (χ3v) is 3.90. The fourth-order valence-electron chi connectivity index (χ4n) is 2.09. The van der Waals surface area contributed by atoms with Crippen LogP contribution in [0.5, 0.6) is 0 Å². The summed E-state index contributed by atoms with van der Waals surface area (Å²) in [5.74, 6) is 0.603. The number of aryl methyl sites for hydroxylation is 1. The highest BCUT2D eigenvalue weighted by molar-refractivity contribution is 7.08. The number of aromatic nitrogens is 4. The Balaban J connectivity index is 1.54. The molecule has 0 fully saturated rings. The van der Waals surface area contributed by atoms with Crippen LogP contribution in [0, 0.1) is 0 Å². The van der Waals surface area contributed by atoms with Crippen molar-refractivity contribution in [2.24, 2.45) is 0 Å². The standard InChI is InChI=1S/C15H16N4OS/c20-14(7-6-12-4-2-1-3-5-12)10-19-17-15(16-18-19)13-8-9-21-11-13/h1-5,8-9,11,14,20H,6-7,10H2. The van der Waals surface area contributed by atoms with E-state index >= 15 is 0 Å². The predicted octanol–water partition coefficient (Wildman–Crippen LogP) is 2.40. The predicted molar refractivity (Wildman–Crippen MR) is 81.9 cm³/mol. The van der Waals surface area contributed by atoms with Crippen LogP contribution in [-0.2, 0) is 13.0 Å². The fraction of sp³-hybridized carbons (Fsp3) is 0.267. The summed E-state index contributed by atoms with van der Waals surface area (Å²) in [5.41, 5.74) is 2.19. The van der Waals surface area contributed by atoms with Crippen LogP contribution in [0.2, 0.25) is 0 Å². The van der Waals surface area contributed by atoms with Crippen molar-refractivity contribution in [3.63, 3.8) is 0 Å². The van der Waals surface area contributed by atoms with Gasteiger partial charge in [0.15, 0.2) is 0 Å². The first-order valence-electron chi connectivity index (χ1n) is 6.83. The van der Waals surface area contributed by atoms with Gasteiger partial charge in [0.05, 0.1) is 12.6 Å². The highest BCUT2D eigenvalue weighted by atomic mass is 32.1. The van der Waals surface area contributed by atoms with Crippen LogP contribution in [0.3, 0.4) is 0 Å². The molecule has 1 N–H and O–H groups in total. The van der Waals surface area contributed by atoms with Crippen molar-refractivity contribution in [2.45, 2.75) is 25.5 Å². The van der Waals surface area contributed by atoms with Crippen molar-refractivity contribution in [3.8, 4) is 11.4 Å². The first kappa shape index (κ1) is 13.9. The molecule has 5 nitrogen and oxygen atoms in total. The number of nitrogens with zero attached hydrogens (tertiary/aromatic N) is 4. The van der Waals surface area contributed by atoms with Gasteiger partial charge in [-0.25, -0.2) is 0 Å². The first-order chi connectivity index (χ1) is 10.3. The van der Waals surface area contributed by atoms with E-state index in [0.717, 1.165) is 12.0 Å². The highest BCUT2D eigenvalue weighted by Gasteiger charge is 2.10. The van der Waals surface area contributed by atoms with Crippen molar-refractivity contribution in [3.05, 3.63) is 52.7 Å². The molecule has 21 heavy (non-hydrogen) atoms. The maximum absolute atomic E-state index is 10.1. The fourth-order valence-corrected chi connectivity index (χ4v) is 2.72. The molecule has 0 spiro atoms. The summed E-state index contributed by atoms with van der Waals surface area (Å²) >= 11 is 1.60. The number of aliphatic hydroxyl groups excluding tert-OH is 1. The average Bonchev–Trinajstić information content (AvgIpc) is 3.17. The molecule has 0 aliphatic heterocycles. The zero-order valence-corrected chi connectivity index (χ0v) is 12.3. The number of rotatable bonds is 6. The van der Waals surface area contributed by atoms with Gasteiger partial charge < -0.3 is 5.11 Å². The van der Waals surface area contributed by atoms with E-state index in [9.17, 15) is 5.11 Å². The van der Waals surface area contributed by atoms with Crippen LogP contribution in [-0.4, -0.2) is 31.4 Å². The quantitative estimate of drug-likeness (QED) is 0.759. The summed E-state index contributed by atoms with van der Waals surface area (Å²) in [7, 11) is 0. The zero-order valence-electron chi connectivity index (χ0n) is 11.5. The summed E-state index contributed by atoms with van der Waals surface area (Å²) in [5, 5.41) is 26.3. The molecule has 2 heterocycles. The second-order valence-corrected chi connectivity index (χ2v) is 5.64. The van der Waals surface area contributed by atoms with Gasteiger partial charge in [0.25, 0.3) is 0 Å². The maximum atomic E-state index is 10.1. The van der Waals surface area contributed by atoms with Crippen molar-refractivity contribution in [1.82, 2.24) is 20.2 Å². The van der Waals surface area contributed by atoms with Crippen LogP contribution < -0.4 is 0 Å². The third kappa shape index (κ3) is 3.74. The number of hydrogen-bond acceptors (Lipinski definition) is 5. The molecule has 1 atom stereocenters. The van der Waals surface area contributed by atoms with Gasteiger partial charge in [0.2, 0.25) is 5.82 Å². The van der Waals surface area contributed by atoms with Crippen LogP contribution in [0.4, 0.5) is 0 Å². The minimum absolute atomic E-state index is 0.365. The van der Waals surface area contributed by atoms with Gasteiger partial charge in [-0.2, -0.15) is 16.1 Å². The second kappa shape index (κ2) is 6.60. The van der Waals surface area contributed by atoms with Crippen molar-refractivity contribution in [1.29, 1.82) is 0 Å². The topological polar surface area (TPSA) is 63.8 Å². The summed E-state index contributed by atoms with van der Waals surface area (Å²) in [6.07, 6.45) is 1.04. The molecule has 0 aliphatic rings. The maximum Gasteiger partial charge on any atom is 0.205 e. The molecule has 1 unspecified atom stereocenters. The van der Waals surface area contributed by atoms with Gasteiger partial charge in [-0.3, -0.25) is 0 Å². The lowest BCUT2D eigenvalue weighted by molar-refractivity contribution is 0.133. The Hall–Kier alpha value is -2.05. The second-order valence-electron chi connectivity index (χ2n) is 4.86. The SMILES string of the molecule is OC(CCc1ccccc1)Cn1nnc(-c2ccsc2)n1. The van der Waals surface area contributed by atoms with Crippen molar-refractivity contribution in [2.75, 3.05) is 0 Å². The minimum Gasteiger partial charge on any atom is -0.391 e. The van der Waals surface area contributed by atoms with E-state index in [1.807, 2.05) is 35.0 Å². The molecule has 0 amide bonds. The highest BCUT2D eigenvalue weighted by Crippen LogP contribution is 2.16. The Morgan fingerprint density at radius 2 is 2.05 bits per heavy atom. The molecule has 0 radical (unpaired) electrons. The lowest BCUT2D eigenvalue weighted by Gasteiger charge is -2.09. The van der Waals surface area contributed by atoms with Crippen LogP contribution in [0.15, 0.2) is 47.2 Å². The third-order valence-electron chi connectivity index (χ3n) is 3.22. The summed E-state index contributed by atoms with van der Waals surface area (Å²) in [6, 6.07) is 12.1. The van der Waals surface area contributed by atoms with E-state index < -0.39 is 6.10 Å². The normalized spacial score (nSPS) is 12.4. The van der Waals surface area contributed by atoms with E-state index in [-0.39, 0.29) is 0 Å². The molecule has 108 valence electrons. The number of tetrazole rings is 1. The van der Waals surface area contributed by atoms with Crippen molar-refractivity contribution >= 4 is 11.3 Å². The molecule has 0 aliphatic carbocycles. The number of thiophene rings is 1. The van der Waals surface area contributed by atoms with E-state index in [2.05, 4.69) is 27.5 Å². The largest absolute Gasteiger partial charge is 0.391 e. The Bertz CT molecular complexity index is 666. The van der Waals surface area contributed by atoms with Gasteiger partial charge in [-0.1, -0.05) is 30.3 Å².